The first-order chi connectivity index (χ1) is 5.77. The minimum atomic E-state index is 1.04. The largest absolute Gasteiger partial charge is 0.388 e. The highest BCUT2D eigenvalue weighted by molar-refractivity contribution is 5.54. The lowest BCUT2D eigenvalue weighted by molar-refractivity contribution is 0.968. The van der Waals surface area contributed by atoms with Crippen LogP contribution in [-0.4, -0.2) is 20.6 Å². The third-order valence-electron chi connectivity index (χ3n) is 2.07. The summed E-state index contributed by atoms with van der Waals surface area (Å²) in [5.41, 5.74) is 2.42. The number of rotatable bonds is 3. The first kappa shape index (κ1) is 8.91. The summed E-state index contributed by atoms with van der Waals surface area (Å²) in [6, 6.07) is 8.41. The fourth-order valence-electron chi connectivity index (χ4n) is 1.07. The van der Waals surface area contributed by atoms with E-state index in [1.165, 1.54) is 5.69 Å². The summed E-state index contributed by atoms with van der Waals surface area (Å²) in [5, 5.41) is 3.09. The van der Waals surface area contributed by atoms with Gasteiger partial charge in [-0.3, -0.25) is 0 Å². The Kier molecular flexibility index (Phi) is 2.97. The topological polar surface area (TPSA) is 15.3 Å². The van der Waals surface area contributed by atoms with Crippen LogP contribution >= 0.6 is 0 Å². The molecule has 0 saturated carbocycles. The summed E-state index contributed by atoms with van der Waals surface area (Å²) >= 11 is 0. The number of hydrogen-bond donors (Lipinski definition) is 1. The fourth-order valence-corrected chi connectivity index (χ4v) is 1.07. The van der Waals surface area contributed by atoms with Crippen molar-refractivity contribution < 1.29 is 0 Å². The molecule has 0 aliphatic carbocycles. The molecule has 0 heterocycles. The second-order valence-corrected chi connectivity index (χ2v) is 2.81. The highest BCUT2D eigenvalue weighted by Gasteiger charge is 1.95. The zero-order valence-corrected chi connectivity index (χ0v) is 7.96. The SMILES string of the molecule is CCN(C)c1ccc(NC)cc1. The molecular weight excluding hydrogens is 148 g/mol. The predicted octanol–water partition coefficient (Wildman–Crippen LogP) is 2.18. The molecular formula is C10H16N2. The zero-order valence-electron chi connectivity index (χ0n) is 7.96. The van der Waals surface area contributed by atoms with E-state index in [1.54, 1.807) is 0 Å². The summed E-state index contributed by atoms with van der Waals surface area (Å²) in [6.07, 6.45) is 0. The van der Waals surface area contributed by atoms with Gasteiger partial charge in [0, 0.05) is 32.0 Å². The molecule has 12 heavy (non-hydrogen) atoms. The van der Waals surface area contributed by atoms with Crippen molar-refractivity contribution in [2.45, 2.75) is 6.92 Å². The molecule has 0 radical (unpaired) electrons. The van der Waals surface area contributed by atoms with Crippen molar-refractivity contribution in [3.63, 3.8) is 0 Å². The summed E-state index contributed by atoms with van der Waals surface area (Å²) in [5.74, 6) is 0. The number of anilines is 2. The van der Waals surface area contributed by atoms with Gasteiger partial charge in [0.25, 0.3) is 0 Å². The predicted molar refractivity (Wildman–Crippen MR) is 54.9 cm³/mol. The van der Waals surface area contributed by atoms with Crippen molar-refractivity contribution >= 4 is 11.4 Å². The van der Waals surface area contributed by atoms with Gasteiger partial charge in [-0.2, -0.15) is 0 Å². The van der Waals surface area contributed by atoms with E-state index >= 15 is 0 Å². The maximum atomic E-state index is 3.09. The van der Waals surface area contributed by atoms with Crippen molar-refractivity contribution in [1.29, 1.82) is 0 Å². The van der Waals surface area contributed by atoms with Crippen LogP contribution in [0.15, 0.2) is 24.3 Å². The van der Waals surface area contributed by atoms with Crippen LogP contribution in [0.25, 0.3) is 0 Å². The summed E-state index contributed by atoms with van der Waals surface area (Å²) in [6.45, 7) is 3.19. The second-order valence-electron chi connectivity index (χ2n) is 2.81. The Morgan fingerprint density at radius 2 is 1.83 bits per heavy atom. The molecule has 1 rings (SSSR count). The van der Waals surface area contributed by atoms with E-state index in [4.69, 9.17) is 0 Å². The molecule has 0 fully saturated rings. The van der Waals surface area contributed by atoms with Gasteiger partial charge in [-0.15, -0.1) is 0 Å². The van der Waals surface area contributed by atoms with Crippen LogP contribution < -0.4 is 10.2 Å². The molecule has 0 amide bonds. The molecule has 0 bridgehead atoms. The monoisotopic (exact) mass is 164 g/mol. The van der Waals surface area contributed by atoms with Gasteiger partial charge < -0.3 is 10.2 Å². The van der Waals surface area contributed by atoms with Crippen LogP contribution in [0.2, 0.25) is 0 Å². The summed E-state index contributed by atoms with van der Waals surface area (Å²) in [7, 11) is 4.02. The lowest BCUT2D eigenvalue weighted by Gasteiger charge is -2.16. The highest BCUT2D eigenvalue weighted by Crippen LogP contribution is 2.15. The van der Waals surface area contributed by atoms with Crippen LogP contribution in [0.5, 0.6) is 0 Å². The smallest absolute Gasteiger partial charge is 0.0365 e. The summed E-state index contributed by atoms with van der Waals surface area (Å²) in [4.78, 5) is 2.21. The van der Waals surface area contributed by atoms with E-state index < -0.39 is 0 Å². The van der Waals surface area contributed by atoms with E-state index in [0.29, 0.717) is 0 Å². The Bertz CT molecular complexity index is 228. The molecule has 1 aromatic carbocycles. The Hall–Kier alpha value is -1.18. The maximum absolute atomic E-state index is 3.09. The van der Waals surface area contributed by atoms with Crippen LogP contribution in [0.1, 0.15) is 6.92 Å². The van der Waals surface area contributed by atoms with Gasteiger partial charge in [0.05, 0.1) is 0 Å². The number of nitrogens with one attached hydrogen (secondary N) is 1. The normalized spacial score (nSPS) is 9.58. The Morgan fingerprint density at radius 1 is 1.25 bits per heavy atom. The quantitative estimate of drug-likeness (QED) is 0.736. The molecule has 2 nitrogen and oxygen atoms in total. The zero-order chi connectivity index (χ0) is 8.97. The minimum Gasteiger partial charge on any atom is -0.388 e. The van der Waals surface area contributed by atoms with Gasteiger partial charge in [0.2, 0.25) is 0 Å². The van der Waals surface area contributed by atoms with Gasteiger partial charge in [0.1, 0.15) is 0 Å². The molecule has 0 aliphatic rings. The Labute approximate surface area is 74.2 Å². The van der Waals surface area contributed by atoms with Crippen molar-refractivity contribution in [2.75, 3.05) is 30.9 Å². The Morgan fingerprint density at radius 3 is 2.25 bits per heavy atom. The summed E-state index contributed by atoms with van der Waals surface area (Å²) < 4.78 is 0. The van der Waals surface area contributed by atoms with Crippen LogP contribution in [0, 0.1) is 0 Å². The van der Waals surface area contributed by atoms with Gasteiger partial charge in [0.15, 0.2) is 0 Å². The van der Waals surface area contributed by atoms with Crippen LogP contribution in [-0.2, 0) is 0 Å². The molecule has 0 aromatic heterocycles. The number of nitrogens with zero attached hydrogens (tertiary/aromatic N) is 1. The molecule has 66 valence electrons. The molecule has 1 aromatic rings. The standard InChI is InChI=1S/C10H16N2/c1-4-12(3)10-7-5-9(11-2)6-8-10/h5-8,11H,4H2,1-3H3. The van der Waals surface area contributed by atoms with E-state index in [9.17, 15) is 0 Å². The third-order valence-corrected chi connectivity index (χ3v) is 2.07. The molecule has 0 unspecified atom stereocenters. The average Bonchev–Trinajstić information content (AvgIpc) is 2.17. The van der Waals surface area contributed by atoms with Crippen molar-refractivity contribution in [1.82, 2.24) is 0 Å². The van der Waals surface area contributed by atoms with Crippen LogP contribution in [0.4, 0.5) is 11.4 Å². The molecule has 0 aliphatic heterocycles. The number of benzene rings is 1. The van der Waals surface area contributed by atoms with E-state index in [0.717, 1.165) is 12.2 Å². The first-order valence-corrected chi connectivity index (χ1v) is 4.27. The van der Waals surface area contributed by atoms with Gasteiger partial charge >= 0.3 is 0 Å². The minimum absolute atomic E-state index is 1.04. The van der Waals surface area contributed by atoms with Gasteiger partial charge in [-0.1, -0.05) is 0 Å². The van der Waals surface area contributed by atoms with Crippen LogP contribution in [0.3, 0.4) is 0 Å². The van der Waals surface area contributed by atoms with E-state index in [-0.39, 0.29) is 0 Å². The average molecular weight is 164 g/mol. The van der Waals surface area contributed by atoms with Crippen molar-refractivity contribution in [3.8, 4) is 0 Å². The molecule has 2 heteroatoms. The van der Waals surface area contributed by atoms with Gasteiger partial charge in [-0.05, 0) is 31.2 Å². The molecule has 0 spiro atoms. The Balaban J connectivity index is 2.77. The second kappa shape index (κ2) is 4.00. The van der Waals surface area contributed by atoms with E-state index in [1.807, 2.05) is 7.05 Å². The van der Waals surface area contributed by atoms with Crippen molar-refractivity contribution in [3.05, 3.63) is 24.3 Å². The fraction of sp³-hybridized carbons (Fsp3) is 0.400. The lowest BCUT2D eigenvalue weighted by Crippen LogP contribution is -2.15. The number of hydrogen-bond acceptors (Lipinski definition) is 2. The molecule has 0 saturated heterocycles. The van der Waals surface area contributed by atoms with E-state index in [2.05, 4.69) is 48.5 Å². The molecule has 1 N–H and O–H groups in total. The third kappa shape index (κ3) is 1.91. The van der Waals surface area contributed by atoms with Crippen molar-refractivity contribution in [2.24, 2.45) is 0 Å². The highest BCUT2D eigenvalue weighted by atomic mass is 15.1. The van der Waals surface area contributed by atoms with Gasteiger partial charge in [-0.25, -0.2) is 0 Å². The maximum Gasteiger partial charge on any atom is 0.0365 e. The molecule has 0 atom stereocenters. The lowest BCUT2D eigenvalue weighted by atomic mass is 10.2. The first-order valence-electron chi connectivity index (χ1n) is 4.27.